The molecular formula is C16H22N2O7S. The van der Waals surface area contributed by atoms with E-state index in [1.54, 1.807) is 29.2 Å². The fourth-order valence-electron chi connectivity index (χ4n) is 2.65. The van der Waals surface area contributed by atoms with Gasteiger partial charge >= 0.3 is 5.97 Å². The molecule has 144 valence electrons. The molecular weight excluding hydrogens is 364 g/mol. The highest BCUT2D eigenvalue weighted by atomic mass is 32.2. The molecule has 1 aromatic carbocycles. The third-order valence-electron chi connectivity index (χ3n) is 3.93. The Morgan fingerprint density at radius 1 is 1.42 bits per heavy atom. The number of morpholine rings is 1. The zero-order valence-electron chi connectivity index (χ0n) is 14.6. The number of hydrogen-bond donors (Lipinski definition) is 1. The molecule has 1 saturated heterocycles. The van der Waals surface area contributed by atoms with Gasteiger partial charge in [0.2, 0.25) is 10.0 Å². The van der Waals surface area contributed by atoms with Crippen molar-refractivity contribution < 1.29 is 32.6 Å². The van der Waals surface area contributed by atoms with E-state index >= 15 is 0 Å². The number of carboxylic acid groups (broad SMARTS) is 1. The first-order valence-electron chi connectivity index (χ1n) is 7.92. The Morgan fingerprint density at radius 2 is 2.15 bits per heavy atom. The van der Waals surface area contributed by atoms with Crippen LogP contribution in [0.4, 0.5) is 0 Å². The summed E-state index contributed by atoms with van der Waals surface area (Å²) in [7, 11) is -2.20. The van der Waals surface area contributed by atoms with Crippen LogP contribution in [0.25, 0.3) is 0 Å². The Labute approximate surface area is 152 Å². The summed E-state index contributed by atoms with van der Waals surface area (Å²) in [6.45, 7) is -0.00731. The summed E-state index contributed by atoms with van der Waals surface area (Å²) in [6, 6.07) is 6.74. The average Bonchev–Trinajstić information content (AvgIpc) is 2.59. The van der Waals surface area contributed by atoms with Crippen LogP contribution in [-0.4, -0.2) is 86.9 Å². The van der Waals surface area contributed by atoms with E-state index in [1.165, 1.54) is 7.11 Å². The number of sulfonamides is 1. The first-order chi connectivity index (χ1) is 12.2. The lowest BCUT2D eigenvalue weighted by atomic mass is 10.1. The summed E-state index contributed by atoms with van der Waals surface area (Å²) in [5.41, 5.74) is 0.454. The van der Waals surface area contributed by atoms with Crippen LogP contribution >= 0.6 is 0 Å². The maximum absolute atomic E-state index is 12.7. The van der Waals surface area contributed by atoms with Gasteiger partial charge in [-0.3, -0.25) is 9.59 Å². The van der Waals surface area contributed by atoms with Gasteiger partial charge < -0.3 is 19.5 Å². The predicted molar refractivity (Wildman–Crippen MR) is 92.7 cm³/mol. The average molecular weight is 386 g/mol. The number of benzene rings is 1. The zero-order chi connectivity index (χ0) is 19.3. The van der Waals surface area contributed by atoms with E-state index in [-0.39, 0.29) is 25.6 Å². The van der Waals surface area contributed by atoms with Crippen molar-refractivity contribution in [3.8, 4) is 5.75 Å². The molecule has 10 heteroatoms. The SMILES string of the molecule is COc1cccc(C(=O)N2CCOC(CN(CC(=O)O)S(C)(=O)=O)C2)c1. The minimum absolute atomic E-state index is 0.132. The highest BCUT2D eigenvalue weighted by molar-refractivity contribution is 7.88. The second-order valence-electron chi connectivity index (χ2n) is 5.93. The first kappa shape index (κ1) is 20.1. The summed E-state index contributed by atoms with van der Waals surface area (Å²) >= 11 is 0. The van der Waals surface area contributed by atoms with Crippen molar-refractivity contribution in [1.82, 2.24) is 9.21 Å². The Kier molecular flexibility index (Phi) is 6.57. The van der Waals surface area contributed by atoms with E-state index in [4.69, 9.17) is 14.6 Å². The molecule has 0 bridgehead atoms. The minimum Gasteiger partial charge on any atom is -0.497 e. The van der Waals surface area contributed by atoms with Crippen LogP contribution < -0.4 is 4.74 Å². The molecule has 0 aliphatic carbocycles. The lowest BCUT2D eigenvalue weighted by molar-refractivity contribution is -0.137. The topological polar surface area (TPSA) is 113 Å². The number of carbonyl (C=O) groups excluding carboxylic acids is 1. The van der Waals surface area contributed by atoms with Gasteiger partial charge in [0.15, 0.2) is 0 Å². The monoisotopic (exact) mass is 386 g/mol. The molecule has 2 rings (SSSR count). The van der Waals surface area contributed by atoms with Crippen molar-refractivity contribution >= 4 is 21.9 Å². The number of hydrogen-bond acceptors (Lipinski definition) is 6. The number of rotatable bonds is 7. The van der Waals surface area contributed by atoms with Crippen molar-refractivity contribution in [2.75, 3.05) is 46.2 Å². The van der Waals surface area contributed by atoms with Crippen molar-refractivity contribution in [2.24, 2.45) is 0 Å². The fraction of sp³-hybridized carbons (Fsp3) is 0.500. The maximum atomic E-state index is 12.7. The summed E-state index contributed by atoms with van der Waals surface area (Å²) in [5.74, 6) is -0.915. The summed E-state index contributed by atoms with van der Waals surface area (Å²) in [6.07, 6.45) is 0.338. The largest absolute Gasteiger partial charge is 0.497 e. The molecule has 0 radical (unpaired) electrons. The van der Waals surface area contributed by atoms with E-state index in [2.05, 4.69) is 0 Å². The van der Waals surface area contributed by atoms with E-state index in [0.717, 1.165) is 10.6 Å². The van der Waals surface area contributed by atoms with Gasteiger partial charge in [0.1, 0.15) is 12.3 Å². The first-order valence-corrected chi connectivity index (χ1v) is 9.77. The Morgan fingerprint density at radius 3 is 2.77 bits per heavy atom. The number of carbonyl (C=O) groups is 2. The number of ether oxygens (including phenoxy) is 2. The van der Waals surface area contributed by atoms with E-state index < -0.39 is 28.6 Å². The quantitative estimate of drug-likeness (QED) is 0.695. The third-order valence-corrected chi connectivity index (χ3v) is 5.15. The highest BCUT2D eigenvalue weighted by Crippen LogP contribution is 2.17. The molecule has 1 aliphatic rings. The molecule has 0 spiro atoms. The molecule has 9 nitrogen and oxygen atoms in total. The van der Waals surface area contributed by atoms with Gasteiger partial charge in [-0.15, -0.1) is 0 Å². The normalized spacial score (nSPS) is 18.0. The molecule has 1 heterocycles. The summed E-state index contributed by atoms with van der Waals surface area (Å²) in [4.78, 5) is 25.1. The predicted octanol–water partition coefficient (Wildman–Crippen LogP) is -0.118. The van der Waals surface area contributed by atoms with Crippen LogP contribution in [0.1, 0.15) is 10.4 Å². The molecule has 1 aromatic rings. The van der Waals surface area contributed by atoms with Crippen LogP contribution in [0.2, 0.25) is 0 Å². The molecule has 1 atom stereocenters. The maximum Gasteiger partial charge on any atom is 0.318 e. The van der Waals surface area contributed by atoms with Gasteiger partial charge in [-0.1, -0.05) is 6.07 Å². The van der Waals surface area contributed by atoms with E-state index in [0.29, 0.717) is 17.9 Å². The van der Waals surface area contributed by atoms with Crippen LogP contribution in [0.15, 0.2) is 24.3 Å². The van der Waals surface area contributed by atoms with Gasteiger partial charge in [0, 0.05) is 25.2 Å². The van der Waals surface area contributed by atoms with Gasteiger partial charge in [-0.2, -0.15) is 4.31 Å². The number of methoxy groups -OCH3 is 1. The molecule has 26 heavy (non-hydrogen) atoms. The Hall–Kier alpha value is -2.17. The minimum atomic E-state index is -3.71. The van der Waals surface area contributed by atoms with Gasteiger partial charge in [-0.25, -0.2) is 8.42 Å². The molecule has 0 saturated carbocycles. The molecule has 1 aliphatic heterocycles. The van der Waals surface area contributed by atoms with Crippen molar-refractivity contribution in [1.29, 1.82) is 0 Å². The van der Waals surface area contributed by atoms with Crippen LogP contribution in [0.3, 0.4) is 0 Å². The Bertz CT molecular complexity index is 766. The van der Waals surface area contributed by atoms with Gasteiger partial charge in [0.25, 0.3) is 5.91 Å². The molecule has 0 aromatic heterocycles. The second kappa shape index (κ2) is 8.47. The fourth-order valence-corrected chi connectivity index (χ4v) is 3.43. The summed E-state index contributed by atoms with van der Waals surface area (Å²) in [5, 5.41) is 8.89. The van der Waals surface area contributed by atoms with Crippen molar-refractivity contribution in [3.05, 3.63) is 29.8 Å². The molecule has 1 fully saturated rings. The summed E-state index contributed by atoms with van der Waals surface area (Å²) < 4.78 is 35.0. The number of carboxylic acids is 1. The number of nitrogens with zero attached hydrogens (tertiary/aromatic N) is 2. The number of aliphatic carboxylic acids is 1. The van der Waals surface area contributed by atoms with E-state index in [9.17, 15) is 18.0 Å². The molecule has 1 amide bonds. The van der Waals surface area contributed by atoms with Crippen LogP contribution in [0.5, 0.6) is 5.75 Å². The highest BCUT2D eigenvalue weighted by Gasteiger charge is 2.30. The molecule has 1 N–H and O–H groups in total. The lowest BCUT2D eigenvalue weighted by Gasteiger charge is -2.35. The smallest absolute Gasteiger partial charge is 0.318 e. The van der Waals surface area contributed by atoms with Crippen LogP contribution in [-0.2, 0) is 19.6 Å². The van der Waals surface area contributed by atoms with Crippen molar-refractivity contribution in [3.63, 3.8) is 0 Å². The van der Waals surface area contributed by atoms with Crippen molar-refractivity contribution in [2.45, 2.75) is 6.10 Å². The van der Waals surface area contributed by atoms with Gasteiger partial charge in [-0.05, 0) is 18.2 Å². The standard InChI is InChI=1S/C16H22N2O7S/c1-24-13-5-3-4-12(8-13)16(21)17-6-7-25-14(9-17)10-18(11-15(19)20)26(2,22)23/h3-5,8,14H,6-7,9-11H2,1-2H3,(H,19,20). The second-order valence-corrected chi connectivity index (χ2v) is 7.91. The lowest BCUT2D eigenvalue weighted by Crippen LogP contribution is -2.51. The molecule has 1 unspecified atom stereocenters. The third kappa shape index (κ3) is 5.41. The zero-order valence-corrected chi connectivity index (χ0v) is 15.4. The van der Waals surface area contributed by atoms with E-state index in [1.807, 2.05) is 0 Å². The van der Waals surface area contributed by atoms with Gasteiger partial charge in [0.05, 0.1) is 26.1 Å². The van der Waals surface area contributed by atoms with Crippen LogP contribution in [0, 0.1) is 0 Å². The Balaban J connectivity index is 2.07. The number of amides is 1.